The number of guanidine groups is 1. The predicted octanol–water partition coefficient (Wildman–Crippen LogP) is 5.63. The number of alkyl halides is 3. The third kappa shape index (κ3) is 16.8. The average Bonchev–Trinajstić information content (AvgIpc) is 3.05. The van der Waals surface area contributed by atoms with Gasteiger partial charge in [0.15, 0.2) is 5.96 Å². The summed E-state index contributed by atoms with van der Waals surface area (Å²) >= 11 is 0. The minimum absolute atomic E-state index is 0.0949. The second-order valence-corrected chi connectivity index (χ2v) is 10.4. The molecule has 0 spiro atoms. The lowest BCUT2D eigenvalue weighted by Gasteiger charge is -2.14. The summed E-state index contributed by atoms with van der Waals surface area (Å²) in [5.74, 6) is -0.577. The van der Waals surface area contributed by atoms with Crippen molar-refractivity contribution in [2.75, 3.05) is 20.3 Å². The molecular formula is C34H43F3N4O6. The van der Waals surface area contributed by atoms with Gasteiger partial charge in [-0.05, 0) is 60.4 Å². The van der Waals surface area contributed by atoms with E-state index in [9.17, 15) is 18.0 Å². The molecule has 0 aromatic heterocycles. The van der Waals surface area contributed by atoms with Gasteiger partial charge in [0.2, 0.25) is 5.91 Å². The van der Waals surface area contributed by atoms with E-state index in [1.54, 1.807) is 7.11 Å². The molecular weight excluding hydrogens is 617 g/mol. The molecule has 0 bridgehead atoms. The van der Waals surface area contributed by atoms with Gasteiger partial charge in [0.1, 0.15) is 29.9 Å². The van der Waals surface area contributed by atoms with Crippen LogP contribution in [0.1, 0.15) is 49.7 Å². The predicted molar refractivity (Wildman–Crippen MR) is 173 cm³/mol. The number of nitrogens with one attached hydrogen (secondary N) is 1. The van der Waals surface area contributed by atoms with Gasteiger partial charge in [-0.25, -0.2) is 9.79 Å². The first kappa shape index (κ1) is 38.2. The normalized spacial score (nSPS) is 11.3. The van der Waals surface area contributed by atoms with E-state index in [1.165, 1.54) is 0 Å². The van der Waals surface area contributed by atoms with Crippen LogP contribution in [0.2, 0.25) is 0 Å². The van der Waals surface area contributed by atoms with Crippen molar-refractivity contribution in [3.05, 3.63) is 90.0 Å². The fourth-order valence-corrected chi connectivity index (χ4v) is 4.19. The zero-order valence-corrected chi connectivity index (χ0v) is 26.4. The zero-order chi connectivity index (χ0) is 34.5. The van der Waals surface area contributed by atoms with Crippen LogP contribution in [0.15, 0.2) is 83.9 Å². The number of carboxylic acid groups (broad SMARTS) is 1. The SMILES string of the molecule is COc1ccc(CC(N=C(N)N)C(=O)NCCCCCCCCOc2ccc(OCc3ccccc3)cc2)cc1.O=C(O)C(F)(F)F. The van der Waals surface area contributed by atoms with E-state index in [0.29, 0.717) is 26.2 Å². The molecule has 0 radical (unpaired) electrons. The number of rotatable bonds is 18. The zero-order valence-electron chi connectivity index (χ0n) is 26.4. The second kappa shape index (κ2) is 21.0. The minimum atomic E-state index is -5.08. The molecule has 3 aromatic rings. The number of carbonyl (C=O) groups excluding carboxylic acids is 1. The standard InChI is InChI=1S/C32H42N4O4.C2HF3O2/c1-38-27-15-13-25(14-16-27)23-30(36-32(33)34)31(37)35-21-9-4-2-3-5-10-22-39-28-17-19-29(20-18-28)40-24-26-11-7-6-8-12-26;3-2(4,5)1(6)7/h6-8,11-20,30H,2-5,9-10,21-24H2,1H3,(H,35,37)(H4,33,34,36);(H,6,7). The molecule has 3 rings (SSSR count). The van der Waals surface area contributed by atoms with Crippen LogP contribution < -0.4 is 31.0 Å². The van der Waals surface area contributed by atoms with Crippen LogP contribution in [-0.2, 0) is 22.6 Å². The van der Waals surface area contributed by atoms with Gasteiger partial charge in [-0.3, -0.25) is 4.79 Å². The van der Waals surface area contributed by atoms with Crippen molar-refractivity contribution in [2.24, 2.45) is 16.5 Å². The van der Waals surface area contributed by atoms with E-state index in [4.69, 9.17) is 35.6 Å². The molecule has 1 atom stereocenters. The summed E-state index contributed by atoms with van der Waals surface area (Å²) in [6.45, 7) is 1.85. The topological polar surface area (TPSA) is 158 Å². The van der Waals surface area contributed by atoms with Gasteiger partial charge in [-0.1, -0.05) is 68.1 Å². The number of aliphatic carboxylic acids is 1. The fraction of sp³-hybridized carbons (Fsp3) is 0.382. The van der Waals surface area contributed by atoms with Gasteiger partial charge in [0.25, 0.3) is 0 Å². The van der Waals surface area contributed by atoms with E-state index in [0.717, 1.165) is 66.9 Å². The number of nitrogens with zero attached hydrogens (tertiary/aromatic N) is 1. The van der Waals surface area contributed by atoms with Gasteiger partial charge in [-0.15, -0.1) is 0 Å². The number of hydrogen-bond acceptors (Lipinski definition) is 6. The van der Waals surface area contributed by atoms with Crippen LogP contribution in [0.5, 0.6) is 17.2 Å². The minimum Gasteiger partial charge on any atom is -0.497 e. The van der Waals surface area contributed by atoms with Crippen LogP contribution in [0, 0.1) is 0 Å². The Hall–Kier alpha value is -4.94. The van der Waals surface area contributed by atoms with E-state index in [2.05, 4.69) is 10.3 Å². The van der Waals surface area contributed by atoms with Gasteiger partial charge < -0.3 is 36.1 Å². The summed E-state index contributed by atoms with van der Waals surface area (Å²) in [5, 5.41) is 10.1. The van der Waals surface area contributed by atoms with E-state index in [1.807, 2.05) is 78.9 Å². The maximum atomic E-state index is 12.7. The van der Waals surface area contributed by atoms with Gasteiger partial charge in [0, 0.05) is 13.0 Å². The number of benzene rings is 3. The lowest BCUT2D eigenvalue weighted by molar-refractivity contribution is -0.192. The van der Waals surface area contributed by atoms with Crippen molar-refractivity contribution < 1.29 is 42.1 Å². The number of methoxy groups -OCH3 is 1. The summed E-state index contributed by atoms with van der Waals surface area (Å²) in [4.78, 5) is 25.7. The van der Waals surface area contributed by atoms with Crippen LogP contribution in [0.4, 0.5) is 13.2 Å². The smallest absolute Gasteiger partial charge is 0.490 e. The molecule has 0 aliphatic rings. The molecule has 0 fully saturated rings. The van der Waals surface area contributed by atoms with Crippen molar-refractivity contribution in [3.63, 3.8) is 0 Å². The lowest BCUT2D eigenvalue weighted by atomic mass is 10.1. The number of carbonyl (C=O) groups is 2. The molecule has 13 heteroatoms. The Kier molecular flexibility index (Phi) is 17.1. The monoisotopic (exact) mass is 660 g/mol. The first-order valence-corrected chi connectivity index (χ1v) is 15.2. The summed E-state index contributed by atoms with van der Waals surface area (Å²) in [7, 11) is 1.62. The van der Waals surface area contributed by atoms with Crippen LogP contribution in [0.3, 0.4) is 0 Å². The first-order chi connectivity index (χ1) is 22.5. The Morgan fingerprint density at radius 3 is 1.87 bits per heavy atom. The largest absolute Gasteiger partial charge is 0.497 e. The fourth-order valence-electron chi connectivity index (χ4n) is 4.19. The van der Waals surface area contributed by atoms with Crippen molar-refractivity contribution in [2.45, 2.75) is 63.8 Å². The van der Waals surface area contributed by atoms with Crippen LogP contribution >= 0.6 is 0 Å². The van der Waals surface area contributed by atoms with E-state index in [-0.39, 0.29) is 11.9 Å². The summed E-state index contributed by atoms with van der Waals surface area (Å²) in [6, 6.07) is 24.8. The Morgan fingerprint density at radius 1 is 0.787 bits per heavy atom. The molecule has 3 aromatic carbocycles. The number of unbranched alkanes of at least 4 members (excludes halogenated alkanes) is 5. The maximum Gasteiger partial charge on any atom is 0.490 e. The molecule has 10 nitrogen and oxygen atoms in total. The molecule has 6 N–H and O–H groups in total. The Bertz CT molecular complexity index is 1350. The highest BCUT2D eigenvalue weighted by Gasteiger charge is 2.38. The Labute approximate surface area is 272 Å². The molecule has 0 saturated carbocycles. The summed E-state index contributed by atoms with van der Waals surface area (Å²) in [6.07, 6.45) is 1.68. The van der Waals surface area contributed by atoms with Crippen molar-refractivity contribution in [1.82, 2.24) is 5.32 Å². The first-order valence-electron chi connectivity index (χ1n) is 15.2. The van der Waals surface area contributed by atoms with Gasteiger partial charge >= 0.3 is 12.1 Å². The van der Waals surface area contributed by atoms with Crippen molar-refractivity contribution >= 4 is 17.8 Å². The molecule has 0 aliphatic carbocycles. The number of ether oxygens (including phenoxy) is 3. The highest BCUT2D eigenvalue weighted by atomic mass is 19.4. The van der Waals surface area contributed by atoms with Crippen molar-refractivity contribution in [3.8, 4) is 17.2 Å². The second-order valence-electron chi connectivity index (χ2n) is 10.4. The number of aliphatic imine (C=N–C) groups is 1. The Balaban J connectivity index is 0.000000984. The highest BCUT2D eigenvalue weighted by Crippen LogP contribution is 2.19. The van der Waals surface area contributed by atoms with Crippen LogP contribution in [0.25, 0.3) is 0 Å². The number of nitrogens with two attached hydrogens (primary N) is 2. The highest BCUT2D eigenvalue weighted by molar-refractivity contribution is 5.86. The Morgan fingerprint density at radius 2 is 1.32 bits per heavy atom. The molecule has 0 saturated heterocycles. The average molecular weight is 661 g/mol. The van der Waals surface area contributed by atoms with E-state index < -0.39 is 18.2 Å². The molecule has 256 valence electrons. The molecule has 1 unspecified atom stereocenters. The number of carboxylic acids is 1. The molecule has 47 heavy (non-hydrogen) atoms. The number of halogens is 3. The molecule has 0 heterocycles. The quantitative estimate of drug-likeness (QED) is 0.0777. The number of amides is 1. The van der Waals surface area contributed by atoms with Gasteiger partial charge in [-0.2, -0.15) is 13.2 Å². The molecule has 0 aliphatic heterocycles. The summed E-state index contributed by atoms with van der Waals surface area (Å²) in [5.41, 5.74) is 13.2. The maximum absolute atomic E-state index is 12.7. The van der Waals surface area contributed by atoms with E-state index >= 15 is 0 Å². The third-order valence-electron chi connectivity index (χ3n) is 6.65. The number of hydrogen-bond donors (Lipinski definition) is 4. The lowest BCUT2D eigenvalue weighted by Crippen LogP contribution is -2.38. The van der Waals surface area contributed by atoms with Crippen molar-refractivity contribution in [1.29, 1.82) is 0 Å². The third-order valence-corrected chi connectivity index (χ3v) is 6.65. The van der Waals surface area contributed by atoms with Gasteiger partial charge in [0.05, 0.1) is 13.7 Å². The van der Waals surface area contributed by atoms with Crippen LogP contribution in [-0.4, -0.2) is 55.4 Å². The molecule has 1 amide bonds. The summed E-state index contributed by atoms with van der Waals surface area (Å²) < 4.78 is 48.6.